The molecular weight excluding hydrogens is 284 g/mol. The van der Waals surface area contributed by atoms with Crippen molar-refractivity contribution in [3.05, 3.63) is 40.4 Å². The molecule has 0 saturated carbocycles. The number of hydrogen-bond donors (Lipinski definition) is 0. The smallest absolute Gasteiger partial charge is 0.172 e. The van der Waals surface area contributed by atoms with Crippen molar-refractivity contribution in [2.75, 3.05) is 7.11 Å². The number of carbonyl (C=O) groups excluding carboxylic acids is 1. The minimum absolute atomic E-state index is 0.102. The highest BCUT2D eigenvalue weighted by molar-refractivity contribution is 9.12. The lowest BCUT2D eigenvalue weighted by molar-refractivity contribution is -0.115. The van der Waals surface area contributed by atoms with E-state index in [0.29, 0.717) is 17.5 Å². The van der Waals surface area contributed by atoms with Crippen molar-refractivity contribution in [1.82, 2.24) is 0 Å². The van der Waals surface area contributed by atoms with Gasteiger partial charge in [0.2, 0.25) is 0 Å². The van der Waals surface area contributed by atoms with Gasteiger partial charge in [0.15, 0.2) is 5.78 Å². The van der Waals surface area contributed by atoms with E-state index in [2.05, 4.69) is 15.9 Å². The van der Waals surface area contributed by atoms with Crippen LogP contribution in [-0.2, 0) is 16.1 Å². The molecule has 1 aliphatic carbocycles. The summed E-state index contributed by atoms with van der Waals surface area (Å²) in [4.78, 5) is 11.3. The molecule has 90 valence electrons. The quantitative estimate of drug-likeness (QED) is 0.857. The molecule has 0 unspecified atom stereocenters. The van der Waals surface area contributed by atoms with Gasteiger partial charge in [-0.3, -0.25) is 4.79 Å². The fourth-order valence-electron chi connectivity index (χ4n) is 1.63. The first kappa shape index (κ1) is 12.3. The lowest BCUT2D eigenvalue weighted by atomic mass is 10.2. The van der Waals surface area contributed by atoms with Crippen LogP contribution in [0.1, 0.15) is 12.0 Å². The number of carbonyl (C=O) groups is 1. The molecule has 0 radical (unpaired) electrons. The molecule has 1 aromatic rings. The Morgan fingerprint density at radius 3 is 2.59 bits per heavy atom. The van der Waals surface area contributed by atoms with Gasteiger partial charge >= 0.3 is 0 Å². The van der Waals surface area contributed by atoms with Crippen molar-refractivity contribution >= 4 is 21.7 Å². The Kier molecular flexibility index (Phi) is 3.97. The van der Waals surface area contributed by atoms with E-state index in [9.17, 15) is 4.79 Å². The van der Waals surface area contributed by atoms with Gasteiger partial charge in [-0.05, 0) is 39.7 Å². The Balaban J connectivity index is 1.88. The molecule has 1 aromatic carbocycles. The van der Waals surface area contributed by atoms with Crippen LogP contribution in [0.5, 0.6) is 5.75 Å². The van der Waals surface area contributed by atoms with E-state index >= 15 is 0 Å². The maximum atomic E-state index is 11.3. The number of hydrogen-bond acceptors (Lipinski definition) is 3. The fraction of sp³-hybridized carbons (Fsp3) is 0.308. The van der Waals surface area contributed by atoms with E-state index < -0.39 is 0 Å². The molecule has 1 aliphatic rings. The van der Waals surface area contributed by atoms with Crippen LogP contribution in [0.3, 0.4) is 0 Å². The van der Waals surface area contributed by atoms with Crippen LogP contribution >= 0.6 is 15.9 Å². The average Bonchev–Trinajstić information content (AvgIpc) is 2.67. The monoisotopic (exact) mass is 296 g/mol. The summed E-state index contributed by atoms with van der Waals surface area (Å²) in [6, 6.07) is 7.69. The molecule has 0 spiro atoms. The maximum Gasteiger partial charge on any atom is 0.172 e. The molecule has 0 bridgehead atoms. The zero-order chi connectivity index (χ0) is 12.3. The molecule has 0 amide bonds. The lowest BCUT2D eigenvalue weighted by Gasteiger charge is -2.09. The number of methoxy groups -OCH3 is 1. The van der Waals surface area contributed by atoms with Gasteiger partial charge in [0, 0.05) is 6.42 Å². The Morgan fingerprint density at radius 2 is 2.06 bits per heavy atom. The predicted molar refractivity (Wildman–Crippen MR) is 68.2 cm³/mol. The van der Waals surface area contributed by atoms with Crippen LogP contribution < -0.4 is 4.74 Å². The average molecular weight is 297 g/mol. The third-order valence-corrected chi connectivity index (χ3v) is 3.31. The number of benzene rings is 1. The second kappa shape index (κ2) is 5.47. The Hall–Kier alpha value is -1.13. The second-order valence-corrected chi connectivity index (χ2v) is 4.69. The normalized spacial score (nSPS) is 19.3. The topological polar surface area (TPSA) is 35.5 Å². The highest BCUT2D eigenvalue weighted by Crippen LogP contribution is 2.23. The molecule has 1 atom stereocenters. The van der Waals surface area contributed by atoms with Gasteiger partial charge in [-0.15, -0.1) is 0 Å². The van der Waals surface area contributed by atoms with Crippen molar-refractivity contribution in [3.63, 3.8) is 0 Å². The van der Waals surface area contributed by atoms with Crippen LogP contribution in [0, 0.1) is 0 Å². The summed E-state index contributed by atoms with van der Waals surface area (Å²) < 4.78 is 11.3. The largest absolute Gasteiger partial charge is 0.497 e. The Morgan fingerprint density at radius 1 is 1.35 bits per heavy atom. The van der Waals surface area contributed by atoms with Crippen LogP contribution in [0.2, 0.25) is 0 Å². The molecule has 0 fully saturated rings. The third-order valence-electron chi connectivity index (χ3n) is 2.61. The van der Waals surface area contributed by atoms with Crippen molar-refractivity contribution in [3.8, 4) is 5.75 Å². The van der Waals surface area contributed by atoms with Gasteiger partial charge in [0.1, 0.15) is 5.75 Å². The Bertz CT molecular complexity index is 436. The van der Waals surface area contributed by atoms with Gasteiger partial charge in [-0.25, -0.2) is 0 Å². The lowest BCUT2D eigenvalue weighted by Crippen LogP contribution is -2.08. The summed E-state index contributed by atoms with van der Waals surface area (Å²) in [7, 11) is 1.64. The molecular formula is C13H13BrO3. The van der Waals surface area contributed by atoms with Crippen LogP contribution in [0.15, 0.2) is 34.8 Å². The zero-order valence-corrected chi connectivity index (χ0v) is 11.1. The van der Waals surface area contributed by atoms with E-state index in [4.69, 9.17) is 9.47 Å². The van der Waals surface area contributed by atoms with Crippen LogP contribution in [0.25, 0.3) is 0 Å². The number of ether oxygens (including phenoxy) is 2. The molecule has 4 heteroatoms. The molecule has 0 N–H and O–H groups in total. The molecule has 3 nitrogen and oxygen atoms in total. The first-order valence-corrected chi connectivity index (χ1v) is 6.13. The van der Waals surface area contributed by atoms with Crippen LogP contribution in [0.4, 0.5) is 0 Å². The van der Waals surface area contributed by atoms with Gasteiger partial charge in [-0.1, -0.05) is 12.1 Å². The van der Waals surface area contributed by atoms with E-state index in [-0.39, 0.29) is 11.9 Å². The molecule has 0 aromatic heterocycles. The van der Waals surface area contributed by atoms with E-state index in [1.165, 1.54) is 0 Å². The van der Waals surface area contributed by atoms with E-state index in [1.54, 1.807) is 7.11 Å². The van der Waals surface area contributed by atoms with Gasteiger partial charge < -0.3 is 9.47 Å². The van der Waals surface area contributed by atoms with Crippen molar-refractivity contribution in [2.45, 2.75) is 19.1 Å². The summed E-state index contributed by atoms with van der Waals surface area (Å²) in [6.07, 6.45) is 2.13. The number of halogens is 1. The summed E-state index contributed by atoms with van der Waals surface area (Å²) in [6.45, 7) is 0.499. The fourth-order valence-corrected chi connectivity index (χ4v) is 2.08. The predicted octanol–water partition coefficient (Wildman–Crippen LogP) is 2.83. The van der Waals surface area contributed by atoms with Crippen molar-refractivity contribution in [2.24, 2.45) is 0 Å². The zero-order valence-electron chi connectivity index (χ0n) is 9.48. The van der Waals surface area contributed by atoms with Gasteiger partial charge in [0.25, 0.3) is 0 Å². The first-order chi connectivity index (χ1) is 8.19. The third kappa shape index (κ3) is 3.17. The molecule has 0 saturated heterocycles. The number of allylic oxidation sites excluding steroid dienone is 1. The molecule has 0 aliphatic heterocycles. The van der Waals surface area contributed by atoms with Crippen molar-refractivity contribution in [1.29, 1.82) is 0 Å². The summed E-state index contributed by atoms with van der Waals surface area (Å²) >= 11 is 3.20. The number of Topliss-reactive ketones (excluding diaryl/α,β-unsaturated/α-hetero) is 1. The standard InChI is InChI=1S/C13H13BrO3/c1-16-10-4-2-9(3-5-10)8-17-11-6-12(14)13(15)7-11/h2-6,11H,7-8H2,1H3/t11-/m1/s1. The highest BCUT2D eigenvalue weighted by Gasteiger charge is 2.22. The van der Waals surface area contributed by atoms with Crippen LogP contribution in [-0.4, -0.2) is 19.0 Å². The molecule has 2 rings (SSSR count). The first-order valence-electron chi connectivity index (χ1n) is 5.34. The maximum absolute atomic E-state index is 11.3. The molecule has 0 heterocycles. The van der Waals surface area contributed by atoms with Crippen molar-refractivity contribution < 1.29 is 14.3 Å². The van der Waals surface area contributed by atoms with Gasteiger partial charge in [-0.2, -0.15) is 0 Å². The van der Waals surface area contributed by atoms with E-state index in [1.807, 2.05) is 30.3 Å². The van der Waals surface area contributed by atoms with Gasteiger partial charge in [0.05, 0.1) is 24.3 Å². The second-order valence-electron chi connectivity index (χ2n) is 3.84. The number of ketones is 1. The van der Waals surface area contributed by atoms with E-state index in [0.717, 1.165) is 11.3 Å². The minimum atomic E-state index is -0.112. The molecule has 17 heavy (non-hydrogen) atoms. The SMILES string of the molecule is COc1ccc(CO[C@@H]2C=C(Br)C(=O)C2)cc1. The highest BCUT2D eigenvalue weighted by atomic mass is 79.9. The summed E-state index contributed by atoms with van der Waals surface area (Å²) in [5.41, 5.74) is 1.06. The minimum Gasteiger partial charge on any atom is -0.497 e. The Labute approximate surface area is 109 Å². The number of rotatable bonds is 4. The summed E-state index contributed by atoms with van der Waals surface area (Å²) in [5.74, 6) is 0.928. The summed E-state index contributed by atoms with van der Waals surface area (Å²) in [5, 5.41) is 0.